The summed E-state index contributed by atoms with van der Waals surface area (Å²) < 4.78 is 11.6. The van der Waals surface area contributed by atoms with E-state index >= 15 is 0 Å². The highest BCUT2D eigenvalue weighted by molar-refractivity contribution is 9.15. The Kier molecular flexibility index (Phi) is 9.18. The number of ether oxygens (including phenoxy) is 2. The molecule has 7 nitrogen and oxygen atoms in total. The maximum absolute atomic E-state index is 12.7. The van der Waals surface area contributed by atoms with Crippen LogP contribution in [-0.2, 0) is 9.47 Å². The molecule has 1 aromatic rings. The highest BCUT2D eigenvalue weighted by atomic mass is 79.9. The molecule has 146 valence electrons. The van der Waals surface area contributed by atoms with E-state index in [1.165, 1.54) is 6.92 Å². The predicted octanol–water partition coefficient (Wildman–Crippen LogP) is 4.09. The molecule has 26 heavy (non-hydrogen) atoms. The van der Waals surface area contributed by atoms with E-state index in [-0.39, 0.29) is 39.7 Å². The first-order valence-corrected chi connectivity index (χ1v) is 10.4. The van der Waals surface area contributed by atoms with Crippen molar-refractivity contribution in [3.63, 3.8) is 0 Å². The van der Waals surface area contributed by atoms with E-state index in [1.54, 1.807) is 6.92 Å². The first-order chi connectivity index (χ1) is 12.0. The molecule has 0 aliphatic rings. The van der Waals surface area contributed by atoms with E-state index in [4.69, 9.17) is 14.6 Å². The highest BCUT2D eigenvalue weighted by Gasteiger charge is 2.37. The van der Waals surface area contributed by atoms with E-state index in [9.17, 15) is 19.8 Å². The van der Waals surface area contributed by atoms with Gasteiger partial charge in [-0.3, -0.25) is 0 Å². The number of hydrogen-bond donors (Lipinski definition) is 3. The zero-order valence-corrected chi connectivity index (χ0v) is 20.0. The largest absolute Gasteiger partial charge is 0.478 e. The molecule has 0 bridgehead atoms. The fraction of sp³-hybridized carbons (Fsp3) is 0.467. The van der Waals surface area contributed by atoms with Crippen LogP contribution in [0.5, 0.6) is 0 Å². The van der Waals surface area contributed by atoms with Gasteiger partial charge in [0, 0.05) is 17.9 Å². The Labute approximate surface area is 183 Å². The van der Waals surface area contributed by atoms with E-state index in [0.29, 0.717) is 8.95 Å². The van der Waals surface area contributed by atoms with Crippen LogP contribution >= 0.6 is 63.7 Å². The predicted molar refractivity (Wildman–Crippen MR) is 107 cm³/mol. The number of carbonyl (C=O) groups is 2. The Morgan fingerprint density at radius 3 is 2.00 bits per heavy atom. The Morgan fingerprint density at radius 1 is 1.08 bits per heavy atom. The Balaban J connectivity index is 3.35. The van der Waals surface area contributed by atoms with E-state index in [0.717, 1.165) is 0 Å². The van der Waals surface area contributed by atoms with Crippen LogP contribution in [0.3, 0.4) is 0 Å². The molecule has 0 spiro atoms. The molecule has 0 aliphatic heterocycles. The number of rotatable bonds is 8. The molecule has 1 rings (SSSR count). The number of hydrogen-bond acceptors (Lipinski definition) is 6. The maximum Gasteiger partial charge on any atom is 0.340 e. The van der Waals surface area contributed by atoms with Crippen LogP contribution in [0.2, 0.25) is 0 Å². The Morgan fingerprint density at radius 2 is 1.58 bits per heavy atom. The van der Waals surface area contributed by atoms with Crippen LogP contribution in [0.1, 0.15) is 41.0 Å². The lowest BCUT2D eigenvalue weighted by Crippen LogP contribution is -2.45. The van der Waals surface area contributed by atoms with Gasteiger partial charge in [-0.25, -0.2) is 9.59 Å². The number of esters is 1. The molecular weight excluding hydrogens is 612 g/mol. The third kappa shape index (κ3) is 5.27. The lowest BCUT2D eigenvalue weighted by Gasteiger charge is -2.31. The fourth-order valence-electron chi connectivity index (χ4n) is 2.13. The summed E-state index contributed by atoms with van der Waals surface area (Å²) in [6.07, 6.45) is -0.889. The van der Waals surface area contributed by atoms with Gasteiger partial charge in [0.05, 0.1) is 24.3 Å². The van der Waals surface area contributed by atoms with Crippen LogP contribution in [0, 0.1) is 0 Å². The minimum atomic E-state index is -1.85. The van der Waals surface area contributed by atoms with Crippen molar-refractivity contribution in [3.05, 3.63) is 29.0 Å². The second kappa shape index (κ2) is 9.94. The molecule has 0 saturated heterocycles. The minimum absolute atomic E-state index is 0.152. The van der Waals surface area contributed by atoms with E-state index in [2.05, 4.69) is 63.7 Å². The highest BCUT2D eigenvalue weighted by Crippen LogP contribution is 2.42. The number of carboxylic acid groups (broad SMARTS) is 1. The van der Waals surface area contributed by atoms with Gasteiger partial charge >= 0.3 is 11.9 Å². The van der Waals surface area contributed by atoms with Gasteiger partial charge in [0.2, 0.25) is 5.79 Å². The normalized spacial score (nSPS) is 14.6. The van der Waals surface area contributed by atoms with Crippen molar-refractivity contribution >= 4 is 75.7 Å². The number of aliphatic hydroxyl groups excluding tert-OH is 1. The van der Waals surface area contributed by atoms with Gasteiger partial charge in [-0.15, -0.1) is 0 Å². The number of benzene rings is 1. The molecule has 3 N–H and O–H groups in total. The van der Waals surface area contributed by atoms with Gasteiger partial charge in [-0.1, -0.05) is 6.92 Å². The van der Waals surface area contributed by atoms with Crippen LogP contribution in [0.4, 0.5) is 0 Å². The van der Waals surface area contributed by atoms with Crippen molar-refractivity contribution in [2.75, 3.05) is 13.2 Å². The second-order valence-corrected chi connectivity index (χ2v) is 8.41. The van der Waals surface area contributed by atoms with Gasteiger partial charge in [-0.05, 0) is 77.1 Å². The first-order valence-electron chi connectivity index (χ1n) is 7.26. The molecule has 1 aromatic carbocycles. The van der Waals surface area contributed by atoms with Gasteiger partial charge in [-0.2, -0.15) is 0 Å². The van der Waals surface area contributed by atoms with Crippen molar-refractivity contribution in [1.29, 1.82) is 0 Å². The minimum Gasteiger partial charge on any atom is -0.478 e. The number of halogens is 4. The quantitative estimate of drug-likeness (QED) is 0.172. The zero-order chi connectivity index (χ0) is 20.2. The van der Waals surface area contributed by atoms with Crippen LogP contribution in [-0.4, -0.2) is 52.4 Å². The standard InChI is InChI=1S/C15H16Br4O7/c1-3-6(15(2,24)25-5-4-20)26-14(23)8-7(13(21)22)9(16)11(18)12(19)10(8)17/h6,20,24H,3-5H2,1-2H3,(H,21,22). The van der Waals surface area contributed by atoms with E-state index in [1.807, 2.05) is 0 Å². The fourth-order valence-corrected chi connectivity index (χ4v) is 4.58. The maximum atomic E-state index is 12.7. The number of carbonyl (C=O) groups excluding carboxylic acids is 1. The molecule has 0 saturated carbocycles. The summed E-state index contributed by atoms with van der Waals surface area (Å²) in [5.74, 6) is -4.15. The Bertz CT molecular complexity index is 706. The van der Waals surface area contributed by atoms with Gasteiger partial charge in [0.25, 0.3) is 0 Å². The number of carboxylic acids is 1. The number of aliphatic hydroxyl groups is 2. The van der Waals surface area contributed by atoms with Crippen LogP contribution < -0.4 is 0 Å². The molecule has 0 radical (unpaired) electrons. The summed E-state index contributed by atoms with van der Waals surface area (Å²) in [7, 11) is 0. The number of aromatic carboxylic acids is 1. The zero-order valence-electron chi connectivity index (χ0n) is 13.7. The summed E-state index contributed by atoms with van der Waals surface area (Å²) >= 11 is 12.9. The molecule has 0 aliphatic carbocycles. The second-order valence-electron chi connectivity index (χ2n) is 5.24. The lowest BCUT2D eigenvalue weighted by molar-refractivity contribution is -0.247. The molecule has 2 atom stereocenters. The van der Waals surface area contributed by atoms with Crippen molar-refractivity contribution in [3.8, 4) is 0 Å². The molecular formula is C15H16Br4O7. The van der Waals surface area contributed by atoms with Gasteiger partial charge in [0.15, 0.2) is 6.10 Å². The summed E-state index contributed by atoms with van der Waals surface area (Å²) in [4.78, 5) is 24.4. The third-order valence-corrected chi connectivity index (χ3v) is 8.16. The first kappa shape index (κ1) is 24.0. The molecule has 0 aromatic heterocycles. The van der Waals surface area contributed by atoms with Crippen molar-refractivity contribution in [1.82, 2.24) is 0 Å². The van der Waals surface area contributed by atoms with Crippen molar-refractivity contribution in [2.45, 2.75) is 32.2 Å². The van der Waals surface area contributed by atoms with Crippen molar-refractivity contribution < 1.29 is 34.4 Å². The average Bonchev–Trinajstić information content (AvgIpc) is 2.58. The van der Waals surface area contributed by atoms with Crippen LogP contribution in [0.25, 0.3) is 0 Å². The van der Waals surface area contributed by atoms with Gasteiger partial charge in [0.1, 0.15) is 0 Å². The SMILES string of the molecule is CCC(OC(=O)c1c(Br)c(Br)c(Br)c(Br)c1C(=O)O)C(C)(O)OCCO. The molecule has 2 unspecified atom stereocenters. The van der Waals surface area contributed by atoms with Crippen LogP contribution in [0.15, 0.2) is 17.9 Å². The molecule has 11 heteroatoms. The summed E-state index contributed by atoms with van der Waals surface area (Å²) in [5, 5.41) is 28.7. The molecule has 0 fully saturated rings. The molecule has 0 amide bonds. The van der Waals surface area contributed by atoms with Gasteiger partial charge < -0.3 is 24.8 Å². The van der Waals surface area contributed by atoms with E-state index < -0.39 is 23.8 Å². The third-order valence-electron chi connectivity index (χ3n) is 3.39. The lowest BCUT2D eigenvalue weighted by atomic mass is 10.1. The monoisotopic (exact) mass is 624 g/mol. The average molecular weight is 628 g/mol. The smallest absolute Gasteiger partial charge is 0.340 e. The van der Waals surface area contributed by atoms with Crippen molar-refractivity contribution in [2.24, 2.45) is 0 Å². The Hall–Kier alpha value is -0.0400. The summed E-state index contributed by atoms with van der Waals surface area (Å²) in [6, 6.07) is 0. The topological polar surface area (TPSA) is 113 Å². The summed E-state index contributed by atoms with van der Waals surface area (Å²) in [6.45, 7) is 2.49. The summed E-state index contributed by atoms with van der Waals surface area (Å²) in [5.41, 5.74) is -0.529. The molecule has 0 heterocycles.